The second kappa shape index (κ2) is 12.4. The lowest BCUT2D eigenvalue weighted by Gasteiger charge is -2.30. The lowest BCUT2D eigenvalue weighted by molar-refractivity contribution is -0.132. The fraction of sp³-hybridized carbons (Fsp3) is 0.622. The molecule has 4 saturated carbocycles. The number of amides is 2. The van der Waals surface area contributed by atoms with Crippen LogP contribution < -0.4 is 20.1 Å². The van der Waals surface area contributed by atoms with Crippen LogP contribution in [0.25, 0.3) is 11.1 Å². The SMILES string of the molecule is CC(C)(C(=O)NS(=O)(=O)C1CC1)c1ccc(O[C@@H]2CC[C@@H](NC(=O)[C@]3(F)CNC4(CCCC4)C3)C2)c(-c2cccc(F)c2C2CCC2)c1. The number of hydrogen-bond acceptors (Lipinski definition) is 6. The van der Waals surface area contributed by atoms with Crippen molar-refractivity contribution >= 4 is 21.8 Å². The summed E-state index contributed by atoms with van der Waals surface area (Å²) >= 11 is 0. The van der Waals surface area contributed by atoms with Crippen LogP contribution in [0.2, 0.25) is 0 Å². The molecule has 1 heterocycles. The minimum Gasteiger partial charge on any atom is -0.490 e. The zero-order valence-corrected chi connectivity index (χ0v) is 28.7. The number of nitrogens with one attached hydrogen (secondary N) is 3. The van der Waals surface area contributed by atoms with Gasteiger partial charge >= 0.3 is 0 Å². The van der Waals surface area contributed by atoms with Crippen molar-refractivity contribution in [2.75, 3.05) is 6.54 Å². The highest BCUT2D eigenvalue weighted by Crippen LogP contribution is 2.46. The summed E-state index contributed by atoms with van der Waals surface area (Å²) in [6.45, 7) is 3.40. The van der Waals surface area contributed by atoms with E-state index in [1.807, 2.05) is 12.1 Å². The first-order valence-corrected chi connectivity index (χ1v) is 19.2. The molecule has 260 valence electrons. The third-order valence-corrected chi connectivity index (χ3v) is 13.5. The molecule has 3 N–H and O–H groups in total. The van der Waals surface area contributed by atoms with Gasteiger partial charge in [-0.25, -0.2) is 17.2 Å². The van der Waals surface area contributed by atoms with Crippen LogP contribution in [-0.4, -0.2) is 55.4 Å². The van der Waals surface area contributed by atoms with E-state index in [-0.39, 0.29) is 42.4 Å². The first-order valence-electron chi connectivity index (χ1n) is 17.7. The van der Waals surface area contributed by atoms with Crippen LogP contribution in [0.4, 0.5) is 8.78 Å². The van der Waals surface area contributed by atoms with Crippen LogP contribution in [0, 0.1) is 5.82 Å². The predicted octanol–water partition coefficient (Wildman–Crippen LogP) is 6.08. The molecule has 1 spiro atoms. The summed E-state index contributed by atoms with van der Waals surface area (Å²) in [7, 11) is -3.74. The number of benzene rings is 2. The molecule has 8 nitrogen and oxygen atoms in total. The average molecular weight is 684 g/mol. The van der Waals surface area contributed by atoms with E-state index in [0.717, 1.165) is 44.9 Å². The lowest BCUT2D eigenvalue weighted by Crippen LogP contribution is -2.48. The van der Waals surface area contributed by atoms with Crippen molar-refractivity contribution in [2.45, 2.75) is 137 Å². The largest absolute Gasteiger partial charge is 0.490 e. The highest BCUT2D eigenvalue weighted by molar-refractivity contribution is 7.90. The Morgan fingerprint density at radius 2 is 1.73 bits per heavy atom. The van der Waals surface area contributed by atoms with Crippen molar-refractivity contribution in [3.8, 4) is 16.9 Å². The Morgan fingerprint density at radius 3 is 2.42 bits per heavy atom. The highest BCUT2D eigenvalue weighted by Gasteiger charge is 2.54. The second-order valence-corrected chi connectivity index (χ2v) is 17.5. The Bertz CT molecular complexity index is 1700. The highest BCUT2D eigenvalue weighted by atomic mass is 32.2. The van der Waals surface area contributed by atoms with Crippen molar-refractivity contribution in [1.82, 2.24) is 15.4 Å². The molecule has 5 aliphatic rings. The standard InChI is InChI=1S/C37H47F2N3O5S/c1-35(2,33(43)42-48(45,46)27-14-15-27)24-11-16-31(29(19-24)28-9-6-10-30(38)32(28)23-7-5-8-23)47-26-13-12-25(20-26)41-34(44)37(39)21-36(40-22-37)17-3-4-18-36/h6,9-11,16,19,23,25-27,40H,3-5,7-8,12-15,17-18,20-22H2,1-2H3,(H,41,44)(H,42,43)/t25-,26-,37-/m1/s1. The molecule has 2 amide bonds. The fourth-order valence-electron chi connectivity index (χ4n) is 8.19. The first-order chi connectivity index (χ1) is 22.8. The summed E-state index contributed by atoms with van der Waals surface area (Å²) in [5.74, 6) is -0.864. The topological polar surface area (TPSA) is 114 Å². The lowest BCUT2D eigenvalue weighted by atomic mass is 9.76. The van der Waals surface area contributed by atoms with Gasteiger partial charge < -0.3 is 15.4 Å². The van der Waals surface area contributed by atoms with Crippen LogP contribution in [0.1, 0.15) is 114 Å². The number of carbonyl (C=O) groups excluding carboxylic acids is 2. The number of hydrogen-bond donors (Lipinski definition) is 3. The van der Waals surface area contributed by atoms with E-state index in [9.17, 15) is 18.0 Å². The number of rotatable bonds is 10. The maximum atomic E-state index is 15.8. The molecule has 0 radical (unpaired) electrons. The predicted molar refractivity (Wildman–Crippen MR) is 179 cm³/mol. The molecule has 5 fully saturated rings. The minimum absolute atomic E-state index is 0.0407. The third kappa shape index (κ3) is 6.37. The van der Waals surface area contributed by atoms with Crippen molar-refractivity contribution in [3.63, 3.8) is 0 Å². The molecule has 48 heavy (non-hydrogen) atoms. The fourth-order valence-corrected chi connectivity index (χ4v) is 9.63. The van der Waals surface area contributed by atoms with Gasteiger partial charge in [0.15, 0.2) is 0 Å². The number of carbonyl (C=O) groups is 2. The van der Waals surface area contributed by atoms with E-state index in [0.29, 0.717) is 60.1 Å². The maximum absolute atomic E-state index is 15.8. The minimum atomic E-state index is -3.74. The van der Waals surface area contributed by atoms with Gasteiger partial charge in [-0.15, -0.1) is 0 Å². The number of alkyl halides is 1. The Balaban J connectivity index is 1.12. The van der Waals surface area contributed by atoms with Gasteiger partial charge in [0.2, 0.25) is 21.6 Å². The van der Waals surface area contributed by atoms with Gasteiger partial charge in [-0.3, -0.25) is 14.3 Å². The second-order valence-electron chi connectivity index (χ2n) is 15.5. The van der Waals surface area contributed by atoms with Gasteiger partial charge in [0.1, 0.15) is 17.7 Å². The Kier molecular flexibility index (Phi) is 8.62. The molecule has 0 unspecified atom stereocenters. The van der Waals surface area contributed by atoms with E-state index in [2.05, 4.69) is 15.4 Å². The zero-order chi connectivity index (χ0) is 33.9. The molecular weight excluding hydrogens is 636 g/mol. The maximum Gasteiger partial charge on any atom is 0.259 e. The molecule has 1 aliphatic heterocycles. The van der Waals surface area contributed by atoms with Gasteiger partial charge in [0, 0.05) is 36.5 Å². The van der Waals surface area contributed by atoms with Crippen molar-refractivity contribution in [1.29, 1.82) is 0 Å². The van der Waals surface area contributed by atoms with Crippen molar-refractivity contribution < 1.29 is 31.5 Å². The molecule has 3 atom stereocenters. The molecule has 0 aromatic heterocycles. The average Bonchev–Trinajstić information content (AvgIpc) is 3.51. The number of halogens is 2. The molecule has 7 rings (SSSR count). The summed E-state index contributed by atoms with van der Waals surface area (Å²) in [6, 6.07) is 10.1. The van der Waals surface area contributed by atoms with Crippen molar-refractivity contribution in [3.05, 3.63) is 53.3 Å². The monoisotopic (exact) mass is 683 g/mol. The Morgan fingerprint density at radius 1 is 0.979 bits per heavy atom. The summed E-state index contributed by atoms with van der Waals surface area (Å²) in [6.07, 6.45) is 9.55. The summed E-state index contributed by atoms with van der Waals surface area (Å²) < 4.78 is 65.4. The molecule has 11 heteroatoms. The van der Waals surface area contributed by atoms with Gasteiger partial charge in [-0.05, 0) is 106 Å². The smallest absolute Gasteiger partial charge is 0.259 e. The van der Waals surface area contributed by atoms with Gasteiger partial charge in [-0.2, -0.15) is 0 Å². The number of sulfonamides is 1. The van der Waals surface area contributed by atoms with Gasteiger partial charge in [0.25, 0.3) is 5.91 Å². The summed E-state index contributed by atoms with van der Waals surface area (Å²) in [5.41, 5.74) is -0.864. The van der Waals surface area contributed by atoms with E-state index in [1.165, 1.54) is 6.07 Å². The first kappa shape index (κ1) is 33.4. The summed E-state index contributed by atoms with van der Waals surface area (Å²) in [5, 5.41) is 5.75. The van der Waals surface area contributed by atoms with Gasteiger partial charge in [-0.1, -0.05) is 37.5 Å². The van der Waals surface area contributed by atoms with Crippen LogP contribution in [0.15, 0.2) is 36.4 Å². The van der Waals surface area contributed by atoms with Crippen LogP contribution in [-0.2, 0) is 25.0 Å². The molecule has 4 aliphatic carbocycles. The van der Waals surface area contributed by atoms with E-state index in [1.54, 1.807) is 32.0 Å². The van der Waals surface area contributed by atoms with Gasteiger partial charge in [0.05, 0.1) is 10.7 Å². The molecule has 2 aromatic carbocycles. The Hall–Kier alpha value is -3.05. The number of ether oxygens (including phenoxy) is 1. The zero-order valence-electron chi connectivity index (χ0n) is 27.9. The quantitative estimate of drug-likeness (QED) is 0.280. The molecule has 0 bridgehead atoms. The van der Waals surface area contributed by atoms with Crippen LogP contribution in [0.5, 0.6) is 5.75 Å². The molecular formula is C37H47F2N3O5S. The molecule has 1 saturated heterocycles. The van der Waals surface area contributed by atoms with E-state index < -0.39 is 38.2 Å². The van der Waals surface area contributed by atoms with Crippen LogP contribution in [0.3, 0.4) is 0 Å². The Labute approximate surface area is 282 Å². The van der Waals surface area contributed by atoms with E-state index >= 15 is 8.78 Å². The third-order valence-electron chi connectivity index (χ3n) is 11.7. The van der Waals surface area contributed by atoms with E-state index in [4.69, 9.17) is 4.74 Å². The summed E-state index contributed by atoms with van der Waals surface area (Å²) in [4.78, 5) is 26.6. The molecule has 2 aromatic rings. The van der Waals surface area contributed by atoms with Crippen LogP contribution >= 0.6 is 0 Å². The van der Waals surface area contributed by atoms with Crippen molar-refractivity contribution in [2.24, 2.45) is 0 Å². The normalized spacial score (nSPS) is 27.2.